The zero-order chi connectivity index (χ0) is 50.0. The molecule has 378 valence electrons. The Labute approximate surface area is 420 Å². The number of carbonyl (C=O) groups excluding carboxylic acids is 2. The number of nitriles is 1. The van der Waals surface area contributed by atoms with E-state index in [2.05, 4.69) is 63.5 Å². The van der Waals surface area contributed by atoms with E-state index in [-0.39, 0.29) is 48.6 Å². The number of para-hydroxylation sites is 1. The number of ether oxygens (including phenoxy) is 1. The molecular weight excluding hydrogens is 913 g/mol. The molecular formula is C54H66N12O6. The molecule has 72 heavy (non-hydrogen) atoms. The number of carbonyl (C=O) groups is 2. The fraction of sp³-hybridized carbons (Fsp3) is 0.500. The van der Waals surface area contributed by atoms with Crippen molar-refractivity contribution in [1.82, 2.24) is 35.5 Å². The number of likely N-dealkylation sites (tertiary alicyclic amines) is 2. The number of benzene rings is 2. The maximum atomic E-state index is 14.3. The smallest absolute Gasteiger partial charge is 0.243 e. The molecule has 18 nitrogen and oxygen atoms in total. The molecule has 5 saturated heterocycles. The van der Waals surface area contributed by atoms with E-state index in [1.54, 1.807) is 36.4 Å². The third-order valence-corrected chi connectivity index (χ3v) is 15.6. The van der Waals surface area contributed by atoms with Gasteiger partial charge in [-0.05, 0) is 99.2 Å². The maximum absolute atomic E-state index is 14.3. The van der Waals surface area contributed by atoms with Gasteiger partial charge in [-0.3, -0.25) is 9.59 Å². The number of nitrogen functional groups attached to an aromatic ring is 1. The summed E-state index contributed by atoms with van der Waals surface area (Å²) in [5.74, 6) is 1.53. The van der Waals surface area contributed by atoms with Crippen molar-refractivity contribution in [2.24, 2.45) is 11.8 Å². The molecule has 5 fully saturated rings. The maximum Gasteiger partial charge on any atom is 0.243 e. The number of piperazine rings is 1. The molecule has 3 aromatic heterocycles. The summed E-state index contributed by atoms with van der Waals surface area (Å²) < 4.78 is 12.5. The molecule has 0 spiro atoms. The van der Waals surface area contributed by atoms with Crippen molar-refractivity contribution in [1.29, 1.82) is 5.26 Å². The summed E-state index contributed by atoms with van der Waals surface area (Å²) in [6, 6.07) is 23.7. The number of β-amino-alcohol motifs (C(OH)–C–C–N with tert-alkyl or cyclic N) is 1. The van der Waals surface area contributed by atoms with Gasteiger partial charge in [0.1, 0.15) is 23.8 Å². The Morgan fingerprint density at radius 2 is 1.64 bits per heavy atom. The number of hydrogen-bond acceptors (Lipinski definition) is 16. The number of rotatable bonds is 14. The summed E-state index contributed by atoms with van der Waals surface area (Å²) in [5, 5.41) is 46.3. The van der Waals surface area contributed by atoms with Crippen LogP contribution in [0.1, 0.15) is 94.6 Å². The number of aliphatic hydroxyl groups excluding tert-OH is 1. The summed E-state index contributed by atoms with van der Waals surface area (Å²) in [4.78, 5) is 43.7. The van der Waals surface area contributed by atoms with Crippen LogP contribution >= 0.6 is 0 Å². The van der Waals surface area contributed by atoms with Gasteiger partial charge in [0.25, 0.3) is 0 Å². The first-order chi connectivity index (χ1) is 34.9. The molecule has 5 aliphatic rings. The van der Waals surface area contributed by atoms with E-state index >= 15 is 0 Å². The summed E-state index contributed by atoms with van der Waals surface area (Å²) >= 11 is 0. The molecule has 2 aromatic carbocycles. The van der Waals surface area contributed by atoms with E-state index in [1.165, 1.54) is 4.90 Å². The van der Waals surface area contributed by atoms with Gasteiger partial charge in [-0.2, -0.15) is 5.26 Å². The van der Waals surface area contributed by atoms with Crippen LogP contribution in [0.3, 0.4) is 0 Å². The fourth-order valence-corrected chi connectivity index (χ4v) is 11.7. The Morgan fingerprint density at radius 1 is 0.903 bits per heavy atom. The highest BCUT2D eigenvalue weighted by Crippen LogP contribution is 2.40. The molecule has 18 heteroatoms. The van der Waals surface area contributed by atoms with Gasteiger partial charge in [-0.1, -0.05) is 43.3 Å². The number of pyridine rings is 1. The third kappa shape index (κ3) is 10.4. The second-order valence-corrected chi connectivity index (χ2v) is 20.8. The van der Waals surface area contributed by atoms with E-state index in [4.69, 9.17) is 20.3 Å². The Kier molecular flexibility index (Phi) is 14.2. The number of phenolic OH excluding ortho intramolecular Hbond substituents is 1. The minimum atomic E-state index is -0.828. The Morgan fingerprint density at radius 3 is 2.35 bits per heavy atom. The van der Waals surface area contributed by atoms with Crippen LogP contribution in [0.5, 0.6) is 11.6 Å². The van der Waals surface area contributed by atoms with Crippen molar-refractivity contribution in [3.63, 3.8) is 0 Å². The molecule has 6 atom stereocenters. The summed E-state index contributed by atoms with van der Waals surface area (Å²) in [6.07, 6.45) is 7.36. The van der Waals surface area contributed by atoms with Crippen LogP contribution in [-0.4, -0.2) is 135 Å². The fourth-order valence-electron chi connectivity index (χ4n) is 11.7. The molecule has 2 amide bonds. The summed E-state index contributed by atoms with van der Waals surface area (Å²) in [7, 11) is 0. The number of nitrogens with one attached hydrogen (secondary N) is 1. The highest BCUT2D eigenvalue weighted by molar-refractivity contribution is 5.91. The van der Waals surface area contributed by atoms with Crippen LogP contribution in [0.15, 0.2) is 83.5 Å². The molecule has 0 saturated carbocycles. The topological polar surface area (TPSA) is 227 Å². The van der Waals surface area contributed by atoms with Crippen LogP contribution in [0.25, 0.3) is 11.3 Å². The number of nitrogens with two attached hydrogens (primary N) is 1. The van der Waals surface area contributed by atoms with E-state index in [9.17, 15) is 19.8 Å². The Hall–Kier alpha value is -6.97. The monoisotopic (exact) mass is 979 g/mol. The Balaban J connectivity index is 0.684. The lowest BCUT2D eigenvalue weighted by molar-refractivity contribution is -0.141. The molecule has 5 N–H and O–H groups in total. The lowest BCUT2D eigenvalue weighted by atomic mass is 9.91. The quantitative estimate of drug-likeness (QED) is 0.102. The molecule has 2 bridgehead atoms. The van der Waals surface area contributed by atoms with E-state index in [0.29, 0.717) is 58.1 Å². The number of aromatic nitrogens is 4. The number of hydrogen-bond donors (Lipinski definition) is 4. The highest BCUT2D eigenvalue weighted by Gasteiger charge is 2.44. The average Bonchev–Trinajstić information content (AvgIpc) is 4.10. The minimum absolute atomic E-state index is 0.0612. The van der Waals surface area contributed by atoms with Crippen molar-refractivity contribution in [2.45, 2.75) is 108 Å². The second kappa shape index (κ2) is 21.0. The number of nitrogens with zero attached hydrogens (tertiary/aromatic N) is 10. The first-order valence-electron chi connectivity index (χ1n) is 25.7. The lowest BCUT2D eigenvalue weighted by Gasteiger charge is -2.43. The van der Waals surface area contributed by atoms with Crippen LogP contribution in [0, 0.1) is 23.2 Å². The molecule has 10 rings (SSSR count). The molecule has 8 heterocycles. The molecule has 5 aromatic rings. The van der Waals surface area contributed by atoms with E-state index < -0.39 is 18.1 Å². The zero-order valence-corrected chi connectivity index (χ0v) is 41.4. The van der Waals surface area contributed by atoms with Crippen molar-refractivity contribution in [3.8, 4) is 29.0 Å². The first kappa shape index (κ1) is 48.6. The van der Waals surface area contributed by atoms with Gasteiger partial charge >= 0.3 is 0 Å². The number of fused-ring (bicyclic) bond motifs is 2. The molecule has 0 aliphatic carbocycles. The molecule has 5 aliphatic heterocycles. The number of phenols is 1. The van der Waals surface area contributed by atoms with Gasteiger partial charge in [0, 0.05) is 100 Å². The second-order valence-electron chi connectivity index (χ2n) is 20.8. The minimum Gasteiger partial charge on any atom is -0.507 e. The summed E-state index contributed by atoms with van der Waals surface area (Å²) in [6.45, 7) is 12.1. The van der Waals surface area contributed by atoms with Gasteiger partial charge in [0.2, 0.25) is 17.7 Å². The van der Waals surface area contributed by atoms with Crippen molar-refractivity contribution < 1.29 is 29.1 Å². The summed E-state index contributed by atoms with van der Waals surface area (Å²) in [5.41, 5.74) is 11.0. The first-order valence-corrected chi connectivity index (χ1v) is 25.7. The van der Waals surface area contributed by atoms with Crippen molar-refractivity contribution in [3.05, 3.63) is 95.9 Å². The van der Waals surface area contributed by atoms with Crippen molar-refractivity contribution >= 4 is 34.8 Å². The van der Waals surface area contributed by atoms with Gasteiger partial charge in [0.05, 0.1) is 35.2 Å². The van der Waals surface area contributed by atoms with Crippen molar-refractivity contribution in [2.75, 3.05) is 72.8 Å². The highest BCUT2D eigenvalue weighted by atomic mass is 16.5. The third-order valence-electron chi connectivity index (χ3n) is 15.6. The molecule has 2 unspecified atom stereocenters. The van der Waals surface area contributed by atoms with Gasteiger partial charge in [-0.15, -0.1) is 10.2 Å². The van der Waals surface area contributed by atoms with Crippen LogP contribution in [0.4, 0.5) is 23.0 Å². The largest absolute Gasteiger partial charge is 0.507 e. The predicted molar refractivity (Wildman–Crippen MR) is 272 cm³/mol. The van der Waals surface area contributed by atoms with Gasteiger partial charge in [0.15, 0.2) is 17.4 Å². The van der Waals surface area contributed by atoms with Gasteiger partial charge < -0.3 is 55.0 Å². The Bertz CT molecular complexity index is 2730. The number of piperidine rings is 2. The van der Waals surface area contributed by atoms with E-state index in [1.807, 2.05) is 51.2 Å². The standard InChI is InChI=1S/C54H66N12O6/c1-33(2)51(54(70)65-32-41(67)25-46(65)53(69)58-34(3)37-10-8-35(28-55)9-11-37)48-27-49(61-72-48)63-22-15-36(16-23-63)29-62-20-17-42(18-21-62)71-50-24-38(14-19-57-50)66-39-12-13-40(66)31-64(30-39)45-26-44(59-60-52(45)56)43-6-4-5-7-47(43)68/h4-11,14,19,24,26-27,33-34,36,39-42,46,51,67-68H,12-13,15-18,20-23,25,29-32H2,1-3H3,(H2,56,60)(H,58,69)/t34-,39?,40?,41+,46-,51+/m0/s1. The number of anilines is 4. The SMILES string of the molecule is CC(C)[C@@H](C(=O)N1C[C@H](O)C[C@H]1C(=O)N[C@@H](C)c1ccc(C#N)cc1)c1cc(N2CCC(CN3CCC(Oc4cc(N5C6CCC5CN(c5cc(-c7ccccc7O)nnc5N)C6)ccn4)CC3)CC2)no1. The normalized spacial score (nSPS) is 22.8. The number of aromatic hydroxyl groups is 1. The number of amides is 2. The van der Waals surface area contributed by atoms with Crippen LogP contribution < -0.4 is 30.5 Å². The van der Waals surface area contributed by atoms with Gasteiger partial charge in [-0.25, -0.2) is 4.98 Å². The predicted octanol–water partition coefficient (Wildman–Crippen LogP) is 5.88. The zero-order valence-electron chi connectivity index (χ0n) is 41.4. The van der Waals surface area contributed by atoms with E-state index in [0.717, 1.165) is 101 Å². The molecule has 0 radical (unpaired) electrons. The van der Waals surface area contributed by atoms with Crippen LogP contribution in [0.2, 0.25) is 0 Å². The van der Waals surface area contributed by atoms with Crippen LogP contribution in [-0.2, 0) is 9.59 Å². The lowest BCUT2D eigenvalue weighted by Crippen LogP contribution is -2.54. The number of aliphatic hydroxyl groups is 1. The average molecular weight is 979 g/mol.